The van der Waals surface area contributed by atoms with Gasteiger partial charge in [0.2, 0.25) is 0 Å². The highest BCUT2D eigenvalue weighted by molar-refractivity contribution is 14.0. The molecule has 1 aliphatic rings. The Balaban J connectivity index is 0.00000312. The van der Waals surface area contributed by atoms with Crippen LogP contribution >= 0.6 is 24.0 Å². The number of likely N-dealkylation sites (tertiary alicyclic amines) is 1. The number of aliphatic imine (C=N–C) groups is 1. The molecule has 1 aromatic rings. The van der Waals surface area contributed by atoms with Gasteiger partial charge in [0.15, 0.2) is 5.96 Å². The molecule has 1 fully saturated rings. The molecular formula is C19H31IN4O. The fraction of sp³-hybridized carbons (Fsp3) is 0.526. The number of hydrogen-bond donors (Lipinski definition) is 2. The predicted octanol–water partition coefficient (Wildman–Crippen LogP) is 3.19. The van der Waals surface area contributed by atoms with E-state index in [0.717, 1.165) is 37.9 Å². The SMILES string of the molecule is C=CCNC(=NCC(c1cccc(OC)c1)N1CCCC1)NCC.I. The third-order valence-corrected chi connectivity index (χ3v) is 4.24. The highest BCUT2D eigenvalue weighted by Crippen LogP contribution is 2.27. The van der Waals surface area contributed by atoms with Crippen LogP contribution in [0.15, 0.2) is 41.9 Å². The smallest absolute Gasteiger partial charge is 0.191 e. The summed E-state index contributed by atoms with van der Waals surface area (Å²) in [7, 11) is 1.71. The van der Waals surface area contributed by atoms with Gasteiger partial charge in [-0.2, -0.15) is 0 Å². The Morgan fingerprint density at radius 1 is 1.36 bits per heavy atom. The largest absolute Gasteiger partial charge is 0.497 e. The van der Waals surface area contributed by atoms with Gasteiger partial charge < -0.3 is 15.4 Å². The van der Waals surface area contributed by atoms with Crippen LogP contribution in [0.2, 0.25) is 0 Å². The number of nitrogens with one attached hydrogen (secondary N) is 2. The summed E-state index contributed by atoms with van der Waals surface area (Å²) in [6.45, 7) is 10.4. The number of halogens is 1. The first-order valence-electron chi connectivity index (χ1n) is 8.79. The van der Waals surface area contributed by atoms with Crippen LogP contribution in [0.3, 0.4) is 0 Å². The molecule has 1 aliphatic heterocycles. The summed E-state index contributed by atoms with van der Waals surface area (Å²) in [6.07, 6.45) is 4.37. The maximum Gasteiger partial charge on any atom is 0.191 e. The minimum atomic E-state index is 0. The van der Waals surface area contributed by atoms with Crippen LogP contribution in [0.25, 0.3) is 0 Å². The van der Waals surface area contributed by atoms with Crippen molar-refractivity contribution in [2.45, 2.75) is 25.8 Å². The summed E-state index contributed by atoms with van der Waals surface area (Å²) in [5, 5.41) is 6.55. The highest BCUT2D eigenvalue weighted by atomic mass is 127. The van der Waals surface area contributed by atoms with Crippen LogP contribution in [0.1, 0.15) is 31.4 Å². The molecule has 25 heavy (non-hydrogen) atoms. The Bertz CT molecular complexity index is 544. The van der Waals surface area contributed by atoms with Crippen LogP contribution in [-0.2, 0) is 0 Å². The summed E-state index contributed by atoms with van der Waals surface area (Å²) < 4.78 is 5.39. The van der Waals surface area contributed by atoms with Crippen molar-refractivity contribution < 1.29 is 4.74 Å². The number of benzene rings is 1. The van der Waals surface area contributed by atoms with Crippen LogP contribution in [-0.4, -0.2) is 50.7 Å². The molecule has 0 spiro atoms. The summed E-state index contributed by atoms with van der Waals surface area (Å²) in [4.78, 5) is 7.32. The lowest BCUT2D eigenvalue weighted by Gasteiger charge is -2.27. The molecule has 0 saturated carbocycles. The Morgan fingerprint density at radius 2 is 2.12 bits per heavy atom. The van der Waals surface area contributed by atoms with E-state index in [1.165, 1.54) is 18.4 Å². The molecular weight excluding hydrogens is 427 g/mol. The molecule has 1 atom stereocenters. The number of rotatable bonds is 8. The Kier molecular flexibility index (Phi) is 10.6. The Labute approximate surface area is 168 Å². The molecule has 5 nitrogen and oxygen atoms in total. The van der Waals surface area contributed by atoms with Crippen molar-refractivity contribution in [1.82, 2.24) is 15.5 Å². The normalized spacial score (nSPS) is 16.0. The van der Waals surface area contributed by atoms with Crippen molar-refractivity contribution in [3.05, 3.63) is 42.5 Å². The second-order valence-electron chi connectivity index (χ2n) is 5.92. The first-order valence-corrected chi connectivity index (χ1v) is 8.79. The zero-order valence-corrected chi connectivity index (χ0v) is 17.7. The monoisotopic (exact) mass is 458 g/mol. The van der Waals surface area contributed by atoms with Gasteiger partial charge in [-0.25, -0.2) is 0 Å². The molecule has 2 rings (SSSR count). The second-order valence-corrected chi connectivity index (χ2v) is 5.92. The van der Waals surface area contributed by atoms with Gasteiger partial charge in [-0.3, -0.25) is 9.89 Å². The first-order chi connectivity index (χ1) is 11.8. The van der Waals surface area contributed by atoms with Gasteiger partial charge in [-0.05, 0) is 50.6 Å². The molecule has 0 aromatic heterocycles. The van der Waals surface area contributed by atoms with Gasteiger partial charge in [0.05, 0.1) is 19.7 Å². The highest BCUT2D eigenvalue weighted by Gasteiger charge is 2.23. The van der Waals surface area contributed by atoms with Gasteiger partial charge in [0.1, 0.15) is 5.75 Å². The molecule has 1 aromatic carbocycles. The lowest BCUT2D eigenvalue weighted by Crippen LogP contribution is -2.38. The summed E-state index contributed by atoms with van der Waals surface area (Å²) in [6, 6.07) is 8.63. The topological polar surface area (TPSA) is 48.9 Å². The molecule has 0 aliphatic carbocycles. The Morgan fingerprint density at radius 3 is 2.76 bits per heavy atom. The lowest BCUT2D eigenvalue weighted by molar-refractivity contribution is 0.251. The molecule has 6 heteroatoms. The van der Waals surface area contributed by atoms with E-state index >= 15 is 0 Å². The van der Waals surface area contributed by atoms with E-state index in [-0.39, 0.29) is 30.0 Å². The lowest BCUT2D eigenvalue weighted by atomic mass is 10.1. The molecule has 1 saturated heterocycles. The molecule has 0 bridgehead atoms. The van der Waals surface area contributed by atoms with Crippen LogP contribution in [0.5, 0.6) is 5.75 Å². The van der Waals surface area contributed by atoms with Gasteiger partial charge in [-0.15, -0.1) is 30.6 Å². The van der Waals surface area contributed by atoms with Crippen molar-refractivity contribution in [2.75, 3.05) is 39.8 Å². The van der Waals surface area contributed by atoms with E-state index in [9.17, 15) is 0 Å². The van der Waals surface area contributed by atoms with Gasteiger partial charge in [0.25, 0.3) is 0 Å². The predicted molar refractivity (Wildman–Crippen MR) is 116 cm³/mol. The molecule has 1 heterocycles. The van der Waals surface area contributed by atoms with Crippen molar-refractivity contribution in [3.8, 4) is 5.75 Å². The number of ether oxygens (including phenoxy) is 1. The van der Waals surface area contributed by atoms with Crippen molar-refractivity contribution >= 4 is 29.9 Å². The van der Waals surface area contributed by atoms with Crippen LogP contribution in [0.4, 0.5) is 0 Å². The molecule has 0 radical (unpaired) electrons. The van der Waals surface area contributed by atoms with Crippen molar-refractivity contribution in [3.63, 3.8) is 0 Å². The average molecular weight is 458 g/mol. The summed E-state index contributed by atoms with van der Waals surface area (Å²) in [5.41, 5.74) is 1.26. The average Bonchev–Trinajstić information content (AvgIpc) is 3.14. The first kappa shape index (κ1) is 21.8. The fourth-order valence-electron chi connectivity index (χ4n) is 3.02. The van der Waals surface area contributed by atoms with Gasteiger partial charge >= 0.3 is 0 Å². The van der Waals surface area contributed by atoms with E-state index in [4.69, 9.17) is 9.73 Å². The standard InChI is InChI=1S/C19H30N4O.HI/c1-4-11-21-19(20-5-2)22-15-18(23-12-6-7-13-23)16-9-8-10-17(14-16)24-3;/h4,8-10,14,18H,1,5-7,11-13,15H2,2-3H3,(H2,20,21,22);1H. The summed E-state index contributed by atoms with van der Waals surface area (Å²) in [5.74, 6) is 1.74. The maximum atomic E-state index is 5.39. The van der Waals surface area contributed by atoms with Gasteiger partial charge in [-0.1, -0.05) is 18.2 Å². The van der Waals surface area contributed by atoms with Crippen LogP contribution in [0, 0.1) is 0 Å². The number of guanidine groups is 1. The fourth-order valence-corrected chi connectivity index (χ4v) is 3.02. The second kappa shape index (κ2) is 12.1. The summed E-state index contributed by atoms with van der Waals surface area (Å²) >= 11 is 0. The van der Waals surface area contributed by atoms with E-state index < -0.39 is 0 Å². The molecule has 140 valence electrons. The number of nitrogens with zero attached hydrogens (tertiary/aromatic N) is 2. The quantitative estimate of drug-likeness (QED) is 0.272. The minimum Gasteiger partial charge on any atom is -0.497 e. The van der Waals surface area contributed by atoms with E-state index in [0.29, 0.717) is 6.54 Å². The molecule has 2 N–H and O–H groups in total. The van der Waals surface area contributed by atoms with Crippen LogP contribution < -0.4 is 15.4 Å². The van der Waals surface area contributed by atoms with E-state index in [1.807, 2.05) is 12.1 Å². The van der Waals surface area contributed by atoms with Crippen molar-refractivity contribution in [1.29, 1.82) is 0 Å². The van der Waals surface area contributed by atoms with E-state index in [2.05, 4.69) is 47.2 Å². The number of methoxy groups -OCH3 is 1. The third-order valence-electron chi connectivity index (χ3n) is 4.24. The zero-order chi connectivity index (χ0) is 17.2. The maximum absolute atomic E-state index is 5.39. The van der Waals surface area contributed by atoms with Gasteiger partial charge in [0, 0.05) is 13.1 Å². The molecule has 1 unspecified atom stereocenters. The molecule has 0 amide bonds. The number of hydrogen-bond acceptors (Lipinski definition) is 3. The van der Waals surface area contributed by atoms with E-state index in [1.54, 1.807) is 7.11 Å². The third kappa shape index (κ3) is 6.86. The minimum absolute atomic E-state index is 0. The van der Waals surface area contributed by atoms with Crippen molar-refractivity contribution in [2.24, 2.45) is 4.99 Å². The Hall–Kier alpha value is -1.28. The zero-order valence-electron chi connectivity index (χ0n) is 15.3.